The molecule has 0 radical (unpaired) electrons. The molecule has 0 aromatic heterocycles. The maximum absolute atomic E-state index is 13.5. The lowest BCUT2D eigenvalue weighted by atomic mass is 9.86. The normalized spacial score (nSPS) is 20.8. The smallest absolute Gasteiger partial charge is 0.247 e. The van der Waals surface area contributed by atoms with Crippen LogP contribution < -0.4 is 0 Å². The number of amides is 1. The molecular weight excluding hydrogens is 309 g/mol. The fourth-order valence-electron chi connectivity index (χ4n) is 2.24. The van der Waals surface area contributed by atoms with E-state index in [0.29, 0.717) is 0 Å². The van der Waals surface area contributed by atoms with Crippen molar-refractivity contribution in [3.63, 3.8) is 0 Å². The number of carbonyl (C=O) groups excluding carboxylic acids is 1. The van der Waals surface area contributed by atoms with E-state index >= 15 is 0 Å². The third kappa shape index (κ3) is 2.55. The number of halogens is 5. The van der Waals surface area contributed by atoms with Gasteiger partial charge in [0.25, 0.3) is 0 Å². The average molecular weight is 323 g/mol. The van der Waals surface area contributed by atoms with Crippen molar-refractivity contribution >= 4 is 5.91 Å². The second-order valence-corrected chi connectivity index (χ2v) is 5.88. The van der Waals surface area contributed by atoms with Crippen LogP contribution in [0.4, 0.5) is 22.0 Å². The predicted molar refractivity (Wildman–Crippen MR) is 65.7 cm³/mol. The minimum absolute atomic E-state index is 0.158. The summed E-state index contributed by atoms with van der Waals surface area (Å²) in [4.78, 5) is 16.8. The van der Waals surface area contributed by atoms with Gasteiger partial charge < -0.3 is 0 Å². The van der Waals surface area contributed by atoms with Crippen molar-refractivity contribution in [3.05, 3.63) is 34.6 Å². The van der Waals surface area contributed by atoms with E-state index in [1.807, 2.05) is 0 Å². The molecule has 3 nitrogen and oxygen atoms in total. The van der Waals surface area contributed by atoms with Crippen molar-refractivity contribution in [2.45, 2.75) is 39.8 Å². The molecular formula is C14H14F5NO2. The van der Waals surface area contributed by atoms with E-state index in [1.54, 1.807) is 20.8 Å². The molecule has 1 aromatic carbocycles. The fraction of sp³-hybridized carbons (Fsp3) is 0.500. The van der Waals surface area contributed by atoms with Crippen molar-refractivity contribution < 1.29 is 31.6 Å². The van der Waals surface area contributed by atoms with E-state index in [1.165, 1.54) is 0 Å². The lowest BCUT2D eigenvalue weighted by Crippen LogP contribution is -2.35. The Hall–Kier alpha value is -1.70. The first kappa shape index (κ1) is 16.7. The standard InChI is InChI=1S/C14H14F5NO2/c1-6-14(2,3)4-8(21)20(6)22-5-7-9(15)11(17)13(19)12(18)10(7)16/h6H,4-5H2,1-3H3. The predicted octanol–water partition coefficient (Wildman–Crippen LogP) is 3.46. The molecule has 1 aromatic rings. The summed E-state index contributed by atoms with van der Waals surface area (Å²) in [6.07, 6.45) is 0.158. The van der Waals surface area contributed by atoms with Crippen molar-refractivity contribution in [1.82, 2.24) is 5.06 Å². The van der Waals surface area contributed by atoms with Crippen LogP contribution in [0.5, 0.6) is 0 Å². The highest BCUT2D eigenvalue weighted by atomic mass is 19.2. The van der Waals surface area contributed by atoms with E-state index in [0.717, 1.165) is 5.06 Å². The van der Waals surface area contributed by atoms with Crippen LogP contribution in [0.3, 0.4) is 0 Å². The minimum Gasteiger partial charge on any atom is -0.273 e. The van der Waals surface area contributed by atoms with Gasteiger partial charge in [-0.05, 0) is 12.3 Å². The van der Waals surface area contributed by atoms with E-state index in [-0.39, 0.29) is 6.42 Å². The molecule has 1 unspecified atom stereocenters. The Labute approximate surface area is 123 Å². The molecule has 1 atom stereocenters. The van der Waals surface area contributed by atoms with E-state index in [9.17, 15) is 26.7 Å². The fourth-order valence-corrected chi connectivity index (χ4v) is 2.24. The van der Waals surface area contributed by atoms with Crippen molar-refractivity contribution in [3.8, 4) is 0 Å². The van der Waals surface area contributed by atoms with Crippen LogP contribution in [0.1, 0.15) is 32.8 Å². The quantitative estimate of drug-likeness (QED) is 0.484. The highest BCUT2D eigenvalue weighted by molar-refractivity contribution is 5.78. The van der Waals surface area contributed by atoms with E-state index in [2.05, 4.69) is 0 Å². The zero-order valence-electron chi connectivity index (χ0n) is 12.1. The molecule has 122 valence electrons. The van der Waals surface area contributed by atoms with Crippen LogP contribution >= 0.6 is 0 Å². The summed E-state index contributed by atoms with van der Waals surface area (Å²) < 4.78 is 66.1. The first-order valence-electron chi connectivity index (χ1n) is 6.53. The molecule has 1 heterocycles. The Morgan fingerprint density at radius 1 is 1.05 bits per heavy atom. The minimum atomic E-state index is -2.23. The summed E-state index contributed by atoms with van der Waals surface area (Å²) in [6, 6.07) is -0.402. The van der Waals surface area contributed by atoms with Crippen molar-refractivity contribution in [2.75, 3.05) is 0 Å². The Morgan fingerprint density at radius 2 is 1.50 bits per heavy atom. The largest absolute Gasteiger partial charge is 0.273 e. The van der Waals surface area contributed by atoms with Gasteiger partial charge in [0, 0.05) is 6.42 Å². The summed E-state index contributed by atoms with van der Waals surface area (Å²) in [6.45, 7) is 4.34. The Balaban J connectivity index is 2.25. The lowest BCUT2D eigenvalue weighted by Gasteiger charge is -2.28. The summed E-state index contributed by atoms with van der Waals surface area (Å²) in [7, 11) is 0. The van der Waals surface area contributed by atoms with Gasteiger partial charge in [-0.25, -0.2) is 27.0 Å². The maximum Gasteiger partial charge on any atom is 0.247 e. The molecule has 0 bridgehead atoms. The lowest BCUT2D eigenvalue weighted by molar-refractivity contribution is -0.197. The molecule has 0 saturated carbocycles. The van der Waals surface area contributed by atoms with Crippen molar-refractivity contribution in [2.24, 2.45) is 5.41 Å². The van der Waals surface area contributed by atoms with Crippen LogP contribution in [0.2, 0.25) is 0 Å². The number of benzene rings is 1. The average Bonchev–Trinajstić information content (AvgIpc) is 2.64. The number of carbonyl (C=O) groups is 1. The molecule has 8 heteroatoms. The highest BCUT2D eigenvalue weighted by Crippen LogP contribution is 2.37. The Morgan fingerprint density at radius 3 is 1.91 bits per heavy atom. The van der Waals surface area contributed by atoms with E-state index in [4.69, 9.17) is 4.84 Å². The Kier molecular flexibility index (Phi) is 4.16. The summed E-state index contributed by atoms with van der Waals surface area (Å²) in [5, 5.41) is 0.915. The van der Waals surface area contributed by atoms with Crippen LogP contribution in [0.15, 0.2) is 0 Å². The second-order valence-electron chi connectivity index (χ2n) is 5.88. The van der Waals surface area contributed by atoms with Gasteiger partial charge in [-0.15, -0.1) is 0 Å². The topological polar surface area (TPSA) is 29.5 Å². The van der Waals surface area contributed by atoms with Gasteiger partial charge in [0.15, 0.2) is 23.3 Å². The van der Waals surface area contributed by atoms with Gasteiger partial charge in [-0.1, -0.05) is 13.8 Å². The summed E-state index contributed by atoms with van der Waals surface area (Å²) in [5.41, 5.74) is -1.53. The van der Waals surface area contributed by atoms with Gasteiger partial charge in [0.1, 0.15) is 6.61 Å². The summed E-state index contributed by atoms with van der Waals surface area (Å²) >= 11 is 0. The molecule has 1 amide bonds. The molecule has 1 aliphatic heterocycles. The molecule has 1 fully saturated rings. The van der Waals surface area contributed by atoms with Crippen LogP contribution in [-0.4, -0.2) is 17.0 Å². The molecule has 1 aliphatic rings. The number of hydrogen-bond acceptors (Lipinski definition) is 2. The second kappa shape index (κ2) is 5.49. The molecule has 0 spiro atoms. The third-order valence-electron chi connectivity index (χ3n) is 3.98. The van der Waals surface area contributed by atoms with Gasteiger partial charge in [-0.2, -0.15) is 0 Å². The number of nitrogens with zero attached hydrogens (tertiary/aromatic N) is 1. The van der Waals surface area contributed by atoms with Gasteiger partial charge in [0.2, 0.25) is 11.7 Å². The highest BCUT2D eigenvalue weighted by Gasteiger charge is 2.44. The monoisotopic (exact) mass is 323 g/mol. The molecule has 2 rings (SSSR count). The molecule has 0 N–H and O–H groups in total. The maximum atomic E-state index is 13.5. The van der Waals surface area contributed by atoms with Gasteiger partial charge in [0.05, 0.1) is 11.6 Å². The Bertz CT molecular complexity index is 603. The van der Waals surface area contributed by atoms with Gasteiger partial charge in [-0.3, -0.25) is 9.63 Å². The first-order chi connectivity index (χ1) is 10.1. The van der Waals surface area contributed by atoms with Crippen LogP contribution in [-0.2, 0) is 16.2 Å². The molecule has 22 heavy (non-hydrogen) atoms. The summed E-state index contributed by atoms with van der Waals surface area (Å²) in [5.74, 6) is -10.7. The van der Waals surface area contributed by atoms with Crippen molar-refractivity contribution in [1.29, 1.82) is 0 Å². The van der Waals surface area contributed by atoms with Crippen LogP contribution in [0.25, 0.3) is 0 Å². The zero-order chi connectivity index (χ0) is 16.8. The SMILES string of the molecule is CC1N(OCc2c(F)c(F)c(F)c(F)c2F)C(=O)CC1(C)C. The third-order valence-corrected chi connectivity index (χ3v) is 3.98. The van der Waals surface area contributed by atoms with Gasteiger partial charge >= 0.3 is 0 Å². The first-order valence-corrected chi connectivity index (χ1v) is 6.53. The molecule has 1 saturated heterocycles. The molecule has 0 aliphatic carbocycles. The number of rotatable bonds is 3. The van der Waals surface area contributed by atoms with E-state index < -0.39 is 58.6 Å². The zero-order valence-corrected chi connectivity index (χ0v) is 12.1. The number of hydrogen-bond donors (Lipinski definition) is 0. The van der Waals surface area contributed by atoms with Crippen LogP contribution in [0, 0.1) is 34.5 Å². The number of hydroxylamine groups is 2.